The summed E-state index contributed by atoms with van der Waals surface area (Å²) in [6, 6.07) is 8.06. The normalized spacial score (nSPS) is 13.2. The Morgan fingerprint density at radius 3 is 2.55 bits per heavy atom. The first-order chi connectivity index (χ1) is 15.6. The van der Waals surface area contributed by atoms with Crippen LogP contribution in [0.25, 0.3) is 0 Å². The highest BCUT2D eigenvalue weighted by molar-refractivity contribution is 8.01. The number of aromatic nitrogens is 2. The highest BCUT2D eigenvalue weighted by Gasteiger charge is 2.26. The maximum absolute atomic E-state index is 13.1. The van der Waals surface area contributed by atoms with Crippen LogP contribution in [0.2, 0.25) is 0 Å². The van der Waals surface area contributed by atoms with Gasteiger partial charge in [-0.15, -0.1) is 11.8 Å². The quantitative estimate of drug-likeness (QED) is 0.389. The summed E-state index contributed by atoms with van der Waals surface area (Å²) < 4.78 is 12.0. The second kappa shape index (κ2) is 10.8. The number of amides is 2. The van der Waals surface area contributed by atoms with E-state index in [2.05, 4.69) is 20.6 Å². The average Bonchev–Trinajstić information content (AvgIpc) is 3.41. The van der Waals surface area contributed by atoms with Crippen LogP contribution in [0.1, 0.15) is 63.1 Å². The molecule has 2 N–H and O–H groups in total. The number of alkyl carbamates (subject to hydrolysis) is 1. The highest BCUT2D eigenvalue weighted by Crippen LogP contribution is 2.38. The van der Waals surface area contributed by atoms with Crippen molar-refractivity contribution in [2.24, 2.45) is 0 Å². The molecule has 3 rings (SSSR count). The van der Waals surface area contributed by atoms with Crippen molar-refractivity contribution < 1.29 is 18.7 Å². The van der Waals surface area contributed by atoms with Crippen LogP contribution in [0.15, 0.2) is 51.4 Å². The first-order valence-corrected chi connectivity index (χ1v) is 12.3. The molecule has 0 bridgehead atoms. The van der Waals surface area contributed by atoms with E-state index in [0.717, 1.165) is 16.4 Å². The minimum atomic E-state index is -0.931. The standard InChI is InChI=1S/C23H28N4O4S2/c1-6-16-12-24-20(30-16)14(2)32-17-13-25-21(33-17)27-19(28)18(15-10-8-7-9-11-15)26-22(29)31-23(3,4)5/h7-14,18H,6H2,1-5H3,(H,26,29)(H,25,27,28)/t14?,18-/m0/s1. The Morgan fingerprint density at radius 2 is 1.91 bits per heavy atom. The fraction of sp³-hybridized carbons (Fsp3) is 0.391. The third-order valence-corrected chi connectivity index (χ3v) is 6.47. The van der Waals surface area contributed by atoms with Gasteiger partial charge in [-0.3, -0.25) is 10.1 Å². The Kier molecular flexibility index (Phi) is 8.15. The van der Waals surface area contributed by atoms with E-state index in [9.17, 15) is 9.59 Å². The number of ether oxygens (including phenoxy) is 1. The molecule has 0 spiro atoms. The summed E-state index contributed by atoms with van der Waals surface area (Å²) in [4.78, 5) is 34.0. The summed E-state index contributed by atoms with van der Waals surface area (Å²) in [7, 11) is 0. The molecule has 0 aliphatic heterocycles. The Labute approximate surface area is 201 Å². The van der Waals surface area contributed by atoms with Crippen LogP contribution < -0.4 is 10.6 Å². The molecule has 176 valence electrons. The van der Waals surface area contributed by atoms with Gasteiger partial charge in [-0.25, -0.2) is 14.8 Å². The number of hydrogen-bond acceptors (Lipinski definition) is 8. The Hall–Kier alpha value is -2.85. The third kappa shape index (κ3) is 7.33. The number of thioether (sulfide) groups is 1. The maximum atomic E-state index is 13.1. The Morgan fingerprint density at radius 1 is 1.18 bits per heavy atom. The van der Waals surface area contributed by atoms with Crippen molar-refractivity contribution in [2.75, 3.05) is 5.32 Å². The van der Waals surface area contributed by atoms with Gasteiger partial charge in [0.1, 0.15) is 17.4 Å². The lowest BCUT2D eigenvalue weighted by atomic mass is 10.1. The van der Waals surface area contributed by atoms with Gasteiger partial charge in [0.15, 0.2) is 5.13 Å². The monoisotopic (exact) mass is 488 g/mol. The predicted molar refractivity (Wildman–Crippen MR) is 129 cm³/mol. The molecule has 3 aromatic rings. The first-order valence-electron chi connectivity index (χ1n) is 10.6. The van der Waals surface area contributed by atoms with Gasteiger partial charge in [0.05, 0.1) is 21.9 Å². The number of aryl methyl sites for hydroxylation is 1. The lowest BCUT2D eigenvalue weighted by molar-refractivity contribution is -0.118. The summed E-state index contributed by atoms with van der Waals surface area (Å²) in [5, 5.41) is 5.89. The molecule has 0 aliphatic rings. The molecule has 0 saturated heterocycles. The first kappa shape index (κ1) is 24.8. The van der Waals surface area contributed by atoms with Crippen molar-refractivity contribution in [2.45, 2.75) is 62.1 Å². The van der Waals surface area contributed by atoms with Gasteiger partial charge in [0, 0.05) is 6.42 Å². The lowest BCUT2D eigenvalue weighted by Gasteiger charge is -2.23. The van der Waals surface area contributed by atoms with E-state index in [4.69, 9.17) is 9.15 Å². The smallest absolute Gasteiger partial charge is 0.408 e. The van der Waals surface area contributed by atoms with Crippen molar-refractivity contribution in [3.63, 3.8) is 0 Å². The number of nitrogens with zero attached hydrogens (tertiary/aromatic N) is 2. The third-order valence-electron chi connectivity index (χ3n) is 4.33. The molecule has 1 unspecified atom stereocenters. The molecule has 8 nitrogen and oxygen atoms in total. The average molecular weight is 489 g/mol. The predicted octanol–water partition coefficient (Wildman–Crippen LogP) is 5.75. The Bertz CT molecular complexity index is 1080. The lowest BCUT2D eigenvalue weighted by Crippen LogP contribution is -2.40. The van der Waals surface area contributed by atoms with E-state index in [1.807, 2.05) is 19.9 Å². The summed E-state index contributed by atoms with van der Waals surface area (Å²) in [6.07, 6.45) is 3.56. The molecule has 0 aliphatic carbocycles. The number of thiazole rings is 1. The van der Waals surface area contributed by atoms with Crippen LogP contribution in [0, 0.1) is 0 Å². The molecule has 0 saturated carbocycles. The zero-order valence-electron chi connectivity index (χ0n) is 19.2. The molecular weight excluding hydrogens is 460 g/mol. The SMILES string of the molecule is CCc1cnc(C(C)Sc2cnc(NC(=O)[C@@H](NC(=O)OC(C)(C)C)c3ccccc3)s2)o1. The fourth-order valence-electron chi connectivity index (χ4n) is 2.82. The van der Waals surface area contributed by atoms with Gasteiger partial charge in [0.25, 0.3) is 5.91 Å². The second-order valence-corrected chi connectivity index (χ2v) is 10.9. The fourth-order valence-corrected chi connectivity index (χ4v) is 4.91. The van der Waals surface area contributed by atoms with Crippen LogP contribution in [0.3, 0.4) is 0 Å². The van der Waals surface area contributed by atoms with Crippen LogP contribution in [0.5, 0.6) is 0 Å². The molecule has 33 heavy (non-hydrogen) atoms. The molecule has 0 fully saturated rings. The second-order valence-electron chi connectivity index (χ2n) is 8.24. The Balaban J connectivity index is 1.68. The van der Waals surface area contributed by atoms with Crippen molar-refractivity contribution >= 4 is 40.2 Å². The number of rotatable bonds is 8. The number of carbonyl (C=O) groups is 2. The van der Waals surface area contributed by atoms with E-state index in [-0.39, 0.29) is 5.25 Å². The molecule has 2 amide bonds. The van der Waals surface area contributed by atoms with Crippen LogP contribution in [-0.2, 0) is 16.0 Å². The minimum absolute atomic E-state index is 0.000189. The molecule has 0 radical (unpaired) electrons. The summed E-state index contributed by atoms with van der Waals surface area (Å²) in [6.45, 7) is 9.31. The topological polar surface area (TPSA) is 106 Å². The number of carbonyl (C=O) groups excluding carboxylic acids is 2. The van der Waals surface area contributed by atoms with Gasteiger partial charge in [-0.2, -0.15) is 0 Å². The number of hydrogen-bond donors (Lipinski definition) is 2. The van der Waals surface area contributed by atoms with Crippen molar-refractivity contribution in [3.8, 4) is 0 Å². The van der Waals surface area contributed by atoms with Gasteiger partial charge < -0.3 is 14.5 Å². The zero-order valence-corrected chi connectivity index (χ0v) is 20.9. The molecular formula is C23H28N4O4S2. The molecule has 1 aromatic carbocycles. The maximum Gasteiger partial charge on any atom is 0.408 e. The van der Waals surface area contributed by atoms with Crippen molar-refractivity contribution in [3.05, 3.63) is 59.9 Å². The van der Waals surface area contributed by atoms with E-state index in [0.29, 0.717) is 16.6 Å². The van der Waals surface area contributed by atoms with Crippen molar-refractivity contribution in [1.82, 2.24) is 15.3 Å². The summed E-state index contributed by atoms with van der Waals surface area (Å²) in [5.41, 5.74) is -0.0445. The number of anilines is 1. The molecule has 2 aromatic heterocycles. The van der Waals surface area contributed by atoms with Gasteiger partial charge in [-0.1, -0.05) is 48.6 Å². The summed E-state index contributed by atoms with van der Waals surface area (Å²) in [5.74, 6) is 1.09. The zero-order chi connectivity index (χ0) is 24.0. The van der Waals surface area contributed by atoms with E-state index < -0.39 is 23.6 Å². The van der Waals surface area contributed by atoms with Crippen LogP contribution >= 0.6 is 23.1 Å². The highest BCUT2D eigenvalue weighted by atomic mass is 32.2. The number of oxazole rings is 1. The van der Waals surface area contributed by atoms with Crippen LogP contribution in [0.4, 0.5) is 9.93 Å². The summed E-state index contributed by atoms with van der Waals surface area (Å²) >= 11 is 2.89. The van der Waals surface area contributed by atoms with E-state index in [1.54, 1.807) is 69.2 Å². The van der Waals surface area contributed by atoms with Gasteiger partial charge >= 0.3 is 6.09 Å². The van der Waals surface area contributed by atoms with Gasteiger partial charge in [0.2, 0.25) is 5.89 Å². The van der Waals surface area contributed by atoms with E-state index in [1.165, 1.54) is 11.3 Å². The van der Waals surface area contributed by atoms with Gasteiger partial charge in [-0.05, 0) is 33.3 Å². The minimum Gasteiger partial charge on any atom is -0.445 e. The van der Waals surface area contributed by atoms with Crippen LogP contribution in [-0.4, -0.2) is 27.6 Å². The van der Waals surface area contributed by atoms with Crippen molar-refractivity contribution in [1.29, 1.82) is 0 Å². The molecule has 2 atom stereocenters. The number of nitrogens with one attached hydrogen (secondary N) is 2. The molecule has 2 heterocycles. The molecule has 10 heteroatoms. The largest absolute Gasteiger partial charge is 0.445 e. The van der Waals surface area contributed by atoms with E-state index >= 15 is 0 Å². The number of benzene rings is 1.